The average Bonchev–Trinajstić information content (AvgIpc) is 2.94. The van der Waals surface area contributed by atoms with Crippen molar-refractivity contribution in [3.05, 3.63) is 64.7 Å². The number of thiazole rings is 1. The number of rotatable bonds is 6. The molecule has 3 rings (SSSR count). The van der Waals surface area contributed by atoms with Crippen LogP contribution >= 0.6 is 11.3 Å². The molecular weight excluding hydrogens is 354 g/mol. The molecule has 130 valence electrons. The molecule has 3 aromatic rings. The van der Waals surface area contributed by atoms with E-state index in [1.807, 2.05) is 38.1 Å². The number of benzene rings is 2. The van der Waals surface area contributed by atoms with Crippen molar-refractivity contribution in [2.75, 3.05) is 6.61 Å². The van der Waals surface area contributed by atoms with Gasteiger partial charge in [-0.25, -0.2) is 4.98 Å². The Labute approximate surface area is 151 Å². The van der Waals surface area contributed by atoms with Gasteiger partial charge in [0.1, 0.15) is 0 Å². The Kier molecular flexibility index (Phi) is 5.32. The van der Waals surface area contributed by atoms with Gasteiger partial charge in [-0.15, -0.1) is 11.3 Å². The molecular formula is C19H19NO3S2. The number of aromatic nitrogens is 1. The number of aryl methyl sites for hydroxylation is 2. The Balaban J connectivity index is 1.56. The van der Waals surface area contributed by atoms with Gasteiger partial charge in [0.05, 0.1) is 26.7 Å². The first-order chi connectivity index (χ1) is 11.9. The topological polar surface area (TPSA) is 56.3 Å². The standard InChI is InChI=1S/C19H19NO3S2/c1-14-6-9-17(10-7-14)25(21,22)23-12-4-3-5-16-8-11-18-19(13-16)24-15(2)20-18/h3,5-11,13H,4,12H2,1-2H3/b5-3+. The molecule has 4 nitrogen and oxygen atoms in total. The van der Waals surface area contributed by atoms with E-state index in [9.17, 15) is 8.42 Å². The smallest absolute Gasteiger partial charge is 0.266 e. The molecule has 0 saturated carbocycles. The van der Waals surface area contributed by atoms with Crippen LogP contribution in [0.1, 0.15) is 22.6 Å². The maximum Gasteiger partial charge on any atom is 0.296 e. The molecule has 0 fully saturated rings. The van der Waals surface area contributed by atoms with E-state index in [1.54, 1.807) is 35.6 Å². The Morgan fingerprint density at radius 2 is 1.88 bits per heavy atom. The third-order valence-electron chi connectivity index (χ3n) is 3.66. The molecule has 6 heteroatoms. The highest BCUT2D eigenvalue weighted by Crippen LogP contribution is 2.23. The predicted octanol–water partition coefficient (Wildman–Crippen LogP) is 4.72. The lowest BCUT2D eigenvalue weighted by molar-refractivity contribution is 0.325. The zero-order valence-corrected chi connectivity index (χ0v) is 15.7. The minimum absolute atomic E-state index is 0.120. The largest absolute Gasteiger partial charge is 0.296 e. The average molecular weight is 373 g/mol. The van der Waals surface area contributed by atoms with Crippen molar-refractivity contribution >= 4 is 37.7 Å². The molecule has 0 bridgehead atoms. The van der Waals surface area contributed by atoms with Gasteiger partial charge in [-0.3, -0.25) is 4.18 Å². The SMILES string of the molecule is Cc1ccc(S(=O)(=O)OCC/C=C/c2ccc3nc(C)sc3c2)cc1. The van der Waals surface area contributed by atoms with E-state index >= 15 is 0 Å². The van der Waals surface area contributed by atoms with Gasteiger partial charge in [0.15, 0.2) is 0 Å². The van der Waals surface area contributed by atoms with E-state index in [1.165, 1.54) is 0 Å². The molecule has 1 heterocycles. The van der Waals surface area contributed by atoms with E-state index < -0.39 is 10.1 Å². The van der Waals surface area contributed by atoms with Crippen molar-refractivity contribution < 1.29 is 12.6 Å². The fourth-order valence-corrected chi connectivity index (χ4v) is 4.17. The zero-order chi connectivity index (χ0) is 17.9. The van der Waals surface area contributed by atoms with Crippen molar-refractivity contribution in [1.82, 2.24) is 4.98 Å². The second-order valence-corrected chi connectivity index (χ2v) is 8.59. The third kappa shape index (κ3) is 4.54. The van der Waals surface area contributed by atoms with E-state index in [0.29, 0.717) is 6.42 Å². The maximum absolute atomic E-state index is 12.1. The van der Waals surface area contributed by atoms with Crippen LogP contribution in [0, 0.1) is 13.8 Å². The van der Waals surface area contributed by atoms with Gasteiger partial charge in [-0.1, -0.05) is 35.9 Å². The van der Waals surface area contributed by atoms with Gasteiger partial charge in [0, 0.05) is 0 Å². The fourth-order valence-electron chi connectivity index (χ4n) is 2.38. The number of hydrogen-bond acceptors (Lipinski definition) is 5. The molecule has 25 heavy (non-hydrogen) atoms. The van der Waals surface area contributed by atoms with Crippen LogP contribution in [0.5, 0.6) is 0 Å². The monoisotopic (exact) mass is 373 g/mol. The summed E-state index contributed by atoms with van der Waals surface area (Å²) < 4.78 is 30.4. The van der Waals surface area contributed by atoms with Crippen molar-refractivity contribution in [1.29, 1.82) is 0 Å². The minimum atomic E-state index is -3.69. The van der Waals surface area contributed by atoms with Gasteiger partial charge in [-0.05, 0) is 50.1 Å². The lowest BCUT2D eigenvalue weighted by Gasteiger charge is -2.04. The highest BCUT2D eigenvalue weighted by molar-refractivity contribution is 7.86. The Bertz CT molecular complexity index is 1000. The summed E-state index contributed by atoms with van der Waals surface area (Å²) in [6, 6.07) is 12.7. The molecule has 1 aromatic heterocycles. The van der Waals surface area contributed by atoms with Gasteiger partial charge in [0.25, 0.3) is 10.1 Å². The minimum Gasteiger partial charge on any atom is -0.266 e. The van der Waals surface area contributed by atoms with Crippen molar-refractivity contribution in [3.63, 3.8) is 0 Å². The van der Waals surface area contributed by atoms with Crippen molar-refractivity contribution in [3.8, 4) is 0 Å². The Morgan fingerprint density at radius 1 is 1.12 bits per heavy atom. The van der Waals surface area contributed by atoms with E-state index in [-0.39, 0.29) is 11.5 Å². The first-order valence-electron chi connectivity index (χ1n) is 7.94. The van der Waals surface area contributed by atoms with Crippen LogP contribution in [-0.2, 0) is 14.3 Å². The van der Waals surface area contributed by atoms with E-state index in [2.05, 4.69) is 11.1 Å². The molecule has 2 aromatic carbocycles. The van der Waals surface area contributed by atoms with Crippen LogP contribution in [0.4, 0.5) is 0 Å². The van der Waals surface area contributed by atoms with Crippen LogP contribution in [-0.4, -0.2) is 20.0 Å². The predicted molar refractivity (Wildman–Crippen MR) is 102 cm³/mol. The van der Waals surface area contributed by atoms with Crippen LogP contribution in [0.3, 0.4) is 0 Å². The Hall–Kier alpha value is -2.02. The summed E-state index contributed by atoms with van der Waals surface area (Å²) in [7, 11) is -3.69. The lowest BCUT2D eigenvalue weighted by Crippen LogP contribution is -2.07. The van der Waals surface area contributed by atoms with Crippen molar-refractivity contribution in [2.24, 2.45) is 0 Å². The van der Waals surface area contributed by atoms with Crippen LogP contribution in [0.2, 0.25) is 0 Å². The molecule has 0 radical (unpaired) electrons. The maximum atomic E-state index is 12.1. The molecule has 0 spiro atoms. The molecule has 0 atom stereocenters. The summed E-state index contributed by atoms with van der Waals surface area (Å²) in [6.07, 6.45) is 4.40. The van der Waals surface area contributed by atoms with E-state index in [4.69, 9.17) is 4.18 Å². The molecule has 0 unspecified atom stereocenters. The van der Waals surface area contributed by atoms with Gasteiger partial charge in [-0.2, -0.15) is 8.42 Å². The molecule has 0 aliphatic rings. The molecule has 0 aliphatic heterocycles. The quantitative estimate of drug-likeness (QED) is 0.463. The first kappa shape index (κ1) is 17.8. The van der Waals surface area contributed by atoms with Crippen LogP contribution in [0.15, 0.2) is 53.4 Å². The summed E-state index contributed by atoms with van der Waals surface area (Å²) in [5.41, 5.74) is 3.08. The summed E-state index contributed by atoms with van der Waals surface area (Å²) in [4.78, 5) is 4.62. The normalized spacial score (nSPS) is 12.2. The molecule has 0 aliphatic carbocycles. The third-order valence-corrected chi connectivity index (χ3v) is 5.92. The highest BCUT2D eigenvalue weighted by Gasteiger charge is 2.13. The highest BCUT2D eigenvalue weighted by atomic mass is 32.2. The van der Waals surface area contributed by atoms with Crippen molar-refractivity contribution in [2.45, 2.75) is 25.2 Å². The van der Waals surface area contributed by atoms with Crippen LogP contribution in [0.25, 0.3) is 16.3 Å². The second-order valence-electron chi connectivity index (χ2n) is 5.74. The summed E-state index contributed by atoms with van der Waals surface area (Å²) in [5.74, 6) is 0. The van der Waals surface area contributed by atoms with Crippen LogP contribution < -0.4 is 0 Å². The summed E-state index contributed by atoms with van der Waals surface area (Å²) >= 11 is 1.66. The number of fused-ring (bicyclic) bond motifs is 1. The number of nitrogens with zero attached hydrogens (tertiary/aromatic N) is 1. The zero-order valence-electron chi connectivity index (χ0n) is 14.1. The molecule has 0 N–H and O–H groups in total. The second kappa shape index (κ2) is 7.47. The molecule has 0 saturated heterocycles. The molecule has 0 amide bonds. The first-order valence-corrected chi connectivity index (χ1v) is 10.2. The summed E-state index contributed by atoms with van der Waals surface area (Å²) in [6.45, 7) is 4.02. The van der Waals surface area contributed by atoms with E-state index in [0.717, 1.165) is 26.4 Å². The number of hydrogen-bond donors (Lipinski definition) is 0. The van der Waals surface area contributed by atoms with Gasteiger partial charge < -0.3 is 0 Å². The fraction of sp³-hybridized carbons (Fsp3) is 0.211. The Morgan fingerprint density at radius 3 is 2.64 bits per heavy atom. The van der Waals surface area contributed by atoms with Gasteiger partial charge in [0.2, 0.25) is 0 Å². The van der Waals surface area contributed by atoms with Gasteiger partial charge >= 0.3 is 0 Å². The lowest BCUT2D eigenvalue weighted by atomic mass is 10.2. The summed E-state index contributed by atoms with van der Waals surface area (Å²) in [5, 5.41) is 1.05.